The average Bonchev–Trinajstić information content (AvgIpc) is 2.68. The Balaban J connectivity index is 2.13. The summed E-state index contributed by atoms with van der Waals surface area (Å²) in [6.07, 6.45) is -4.44. The molecule has 3 rings (SSSR count). The third-order valence-corrected chi connectivity index (χ3v) is 3.97. The molecule has 0 bridgehead atoms. The van der Waals surface area contributed by atoms with Crippen molar-refractivity contribution in [1.82, 2.24) is 4.98 Å². The number of benzene rings is 1. The van der Waals surface area contributed by atoms with Crippen molar-refractivity contribution in [2.75, 3.05) is 0 Å². The van der Waals surface area contributed by atoms with E-state index in [0.29, 0.717) is 28.1 Å². The van der Waals surface area contributed by atoms with Gasteiger partial charge in [-0.05, 0) is 37.6 Å². The first-order chi connectivity index (χ1) is 11.8. The zero-order valence-corrected chi connectivity index (χ0v) is 13.6. The minimum atomic E-state index is -4.44. The number of aliphatic imine (C=N–C) groups is 1. The van der Waals surface area contributed by atoms with E-state index in [1.807, 2.05) is 6.07 Å². The highest BCUT2D eigenvalue weighted by Gasteiger charge is 2.30. The molecule has 1 aromatic carbocycles. The van der Waals surface area contributed by atoms with E-state index in [1.165, 1.54) is 6.07 Å². The molecule has 0 aromatic heterocycles. The van der Waals surface area contributed by atoms with Gasteiger partial charge in [0.05, 0.1) is 22.5 Å². The molecule has 0 spiro atoms. The topological polar surface area (TPSA) is 45.2 Å². The first-order valence-electron chi connectivity index (χ1n) is 7.62. The first kappa shape index (κ1) is 17.0. The Morgan fingerprint density at radius 1 is 1.08 bits per heavy atom. The molecule has 0 saturated carbocycles. The van der Waals surface area contributed by atoms with Crippen LogP contribution in [0.4, 0.5) is 18.9 Å². The number of hydrogen-bond donors (Lipinski definition) is 1. The summed E-state index contributed by atoms with van der Waals surface area (Å²) >= 11 is 0. The molecule has 128 valence electrons. The lowest BCUT2D eigenvalue weighted by Gasteiger charge is -2.09. The minimum Gasteiger partial charge on any atom is -0.321 e. The number of alkyl halides is 3. The van der Waals surface area contributed by atoms with E-state index in [4.69, 9.17) is 0 Å². The Morgan fingerprint density at radius 3 is 2.52 bits per heavy atom. The van der Waals surface area contributed by atoms with Gasteiger partial charge in [0.25, 0.3) is 5.56 Å². The number of rotatable bonds is 2. The van der Waals surface area contributed by atoms with E-state index in [2.05, 4.69) is 9.98 Å². The van der Waals surface area contributed by atoms with Gasteiger partial charge in [0.1, 0.15) is 0 Å². The number of H-pyrrole nitrogens is 1. The Morgan fingerprint density at radius 2 is 1.80 bits per heavy atom. The van der Waals surface area contributed by atoms with Crippen LogP contribution in [-0.2, 0) is 6.18 Å². The number of nitrogens with zero attached hydrogens (tertiary/aromatic N) is 1. The van der Waals surface area contributed by atoms with E-state index in [9.17, 15) is 18.0 Å². The third-order valence-electron chi connectivity index (χ3n) is 3.97. The normalized spacial score (nSPS) is 12.6. The van der Waals surface area contributed by atoms with Crippen molar-refractivity contribution in [1.29, 1.82) is 0 Å². The molecule has 0 amide bonds. The summed E-state index contributed by atoms with van der Waals surface area (Å²) in [5, 5.41) is 0. The van der Waals surface area contributed by atoms with Crippen molar-refractivity contribution in [2.24, 2.45) is 4.99 Å². The molecule has 0 fully saturated rings. The van der Waals surface area contributed by atoms with Crippen LogP contribution < -0.4 is 5.56 Å². The fraction of sp³-hybridized carbons (Fsp3) is 0.158. The van der Waals surface area contributed by atoms with Crippen LogP contribution in [0.2, 0.25) is 0 Å². The number of halogens is 3. The van der Waals surface area contributed by atoms with E-state index < -0.39 is 11.7 Å². The van der Waals surface area contributed by atoms with Crippen molar-refractivity contribution >= 4 is 11.4 Å². The second kappa shape index (κ2) is 6.20. The quantitative estimate of drug-likeness (QED) is 0.657. The fourth-order valence-corrected chi connectivity index (χ4v) is 2.68. The molecule has 25 heavy (non-hydrogen) atoms. The van der Waals surface area contributed by atoms with Gasteiger partial charge in [-0.15, -0.1) is 0 Å². The molecule has 1 aliphatic carbocycles. The van der Waals surface area contributed by atoms with Gasteiger partial charge in [0.2, 0.25) is 0 Å². The van der Waals surface area contributed by atoms with Gasteiger partial charge in [0, 0.05) is 11.3 Å². The van der Waals surface area contributed by atoms with Crippen LogP contribution in [-0.4, -0.2) is 10.7 Å². The monoisotopic (exact) mass is 344 g/mol. The van der Waals surface area contributed by atoms with Crippen LogP contribution in [0.15, 0.2) is 58.3 Å². The Hall–Kier alpha value is -2.89. The number of aromatic amines is 1. The molecule has 0 saturated heterocycles. The molecule has 1 aliphatic heterocycles. The summed E-state index contributed by atoms with van der Waals surface area (Å²) in [5.41, 5.74) is 1.78. The van der Waals surface area contributed by atoms with Crippen molar-refractivity contribution in [3.63, 3.8) is 0 Å². The lowest BCUT2D eigenvalue weighted by atomic mass is 10.1. The van der Waals surface area contributed by atoms with Crippen LogP contribution in [0.25, 0.3) is 11.3 Å². The van der Waals surface area contributed by atoms with Gasteiger partial charge in [-0.1, -0.05) is 30.3 Å². The molecule has 1 N–H and O–H groups in total. The van der Waals surface area contributed by atoms with Gasteiger partial charge >= 0.3 is 6.18 Å². The van der Waals surface area contributed by atoms with Crippen molar-refractivity contribution in [2.45, 2.75) is 20.0 Å². The van der Waals surface area contributed by atoms with Gasteiger partial charge in [0.15, 0.2) is 0 Å². The maximum atomic E-state index is 12.9. The zero-order valence-electron chi connectivity index (χ0n) is 13.6. The molecule has 3 nitrogen and oxygen atoms in total. The van der Waals surface area contributed by atoms with Gasteiger partial charge in [-0.2, -0.15) is 13.2 Å². The lowest BCUT2D eigenvalue weighted by molar-refractivity contribution is -0.137. The first-order valence-corrected chi connectivity index (χ1v) is 7.62. The Bertz CT molecular complexity index is 987. The van der Waals surface area contributed by atoms with Crippen LogP contribution in [0.5, 0.6) is 0 Å². The number of fused-ring (bicyclic) bond motifs is 1. The predicted molar refractivity (Wildman–Crippen MR) is 91.7 cm³/mol. The number of aryl methyl sites for hydroxylation is 1. The summed E-state index contributed by atoms with van der Waals surface area (Å²) in [6, 6.07) is 12.4. The SMILES string of the molecule is C/C(=N\c1cc(C(F)(F)F)ccc1C)c1c2cccccc-2[nH]c1=O. The third kappa shape index (κ3) is 3.33. The van der Waals surface area contributed by atoms with Gasteiger partial charge in [-0.3, -0.25) is 9.79 Å². The van der Waals surface area contributed by atoms with Crippen molar-refractivity contribution < 1.29 is 13.2 Å². The van der Waals surface area contributed by atoms with E-state index in [0.717, 1.165) is 12.1 Å². The summed E-state index contributed by atoms with van der Waals surface area (Å²) in [5.74, 6) is 0. The Kier molecular flexibility index (Phi) is 4.20. The summed E-state index contributed by atoms with van der Waals surface area (Å²) < 4.78 is 38.8. The largest absolute Gasteiger partial charge is 0.416 e. The molecule has 1 aromatic rings. The molecule has 0 radical (unpaired) electrons. The summed E-state index contributed by atoms with van der Waals surface area (Å²) in [6.45, 7) is 3.30. The highest BCUT2D eigenvalue weighted by atomic mass is 19.4. The second-order valence-electron chi connectivity index (χ2n) is 5.76. The summed E-state index contributed by atoms with van der Waals surface area (Å²) in [4.78, 5) is 19.3. The highest BCUT2D eigenvalue weighted by Crippen LogP contribution is 2.33. The molecule has 6 heteroatoms. The summed E-state index contributed by atoms with van der Waals surface area (Å²) in [7, 11) is 0. The maximum Gasteiger partial charge on any atom is 0.416 e. The fourth-order valence-electron chi connectivity index (χ4n) is 2.68. The van der Waals surface area contributed by atoms with E-state index in [1.54, 1.807) is 38.1 Å². The van der Waals surface area contributed by atoms with Crippen LogP contribution in [0.1, 0.15) is 23.6 Å². The highest BCUT2D eigenvalue weighted by molar-refractivity contribution is 6.05. The number of aromatic nitrogens is 1. The molecule has 0 atom stereocenters. The van der Waals surface area contributed by atoms with Crippen LogP contribution >= 0.6 is 0 Å². The van der Waals surface area contributed by atoms with Crippen LogP contribution in [0, 0.1) is 6.92 Å². The van der Waals surface area contributed by atoms with Crippen molar-refractivity contribution in [3.8, 4) is 11.3 Å². The molecular formula is C19H15F3N2O. The van der Waals surface area contributed by atoms with Crippen LogP contribution in [0.3, 0.4) is 0 Å². The standard InChI is InChI=1S/C19H15F3N2O/c1-11-8-9-13(19(20,21)22)10-16(11)23-12(2)17-14-6-4-3-5-7-15(14)24-18(17)25/h3-10H,1-2H3,(H,24,25)/b23-12+. The van der Waals surface area contributed by atoms with Crippen molar-refractivity contribution in [3.05, 3.63) is 75.6 Å². The smallest absolute Gasteiger partial charge is 0.321 e. The van der Waals surface area contributed by atoms with Gasteiger partial charge < -0.3 is 4.98 Å². The molecule has 1 heterocycles. The maximum absolute atomic E-state index is 12.9. The lowest BCUT2D eigenvalue weighted by Crippen LogP contribution is -2.10. The van der Waals surface area contributed by atoms with E-state index in [-0.39, 0.29) is 11.2 Å². The second-order valence-corrected chi connectivity index (χ2v) is 5.76. The predicted octanol–water partition coefficient (Wildman–Crippen LogP) is 4.95. The number of hydrogen-bond acceptors (Lipinski definition) is 2. The number of nitrogens with one attached hydrogen (secondary N) is 1. The minimum absolute atomic E-state index is 0.196. The average molecular weight is 344 g/mol. The Labute approximate surface area is 142 Å². The molecular weight excluding hydrogens is 329 g/mol. The molecule has 2 aliphatic rings. The zero-order chi connectivity index (χ0) is 18.2. The van der Waals surface area contributed by atoms with Gasteiger partial charge in [-0.25, -0.2) is 0 Å². The van der Waals surface area contributed by atoms with E-state index >= 15 is 0 Å². The molecule has 0 unspecified atom stereocenters.